The van der Waals surface area contributed by atoms with Crippen LogP contribution in [0.2, 0.25) is 5.15 Å². The molecule has 0 radical (unpaired) electrons. The Morgan fingerprint density at radius 1 is 1.25 bits per heavy atom. The summed E-state index contributed by atoms with van der Waals surface area (Å²) in [6, 6.07) is 0.710. The van der Waals surface area contributed by atoms with E-state index in [2.05, 4.69) is 4.98 Å². The molecule has 2 fully saturated rings. The third-order valence-corrected chi connectivity index (χ3v) is 6.65. The number of carbonyl (C=O) groups excluding carboxylic acids is 2. The number of amides is 2. The van der Waals surface area contributed by atoms with Crippen LogP contribution in [0.4, 0.5) is 13.2 Å². The molecule has 1 saturated heterocycles. The third kappa shape index (κ3) is 3.55. The Hall–Kier alpha value is -2.59. The molecular weight excluding hydrogens is 449 g/mol. The molecule has 0 bridgehead atoms. The van der Waals surface area contributed by atoms with E-state index < -0.39 is 29.4 Å². The van der Waals surface area contributed by atoms with E-state index in [0.29, 0.717) is 12.0 Å². The summed E-state index contributed by atoms with van der Waals surface area (Å²) in [5.74, 6) is -0.994. The highest BCUT2D eigenvalue weighted by Gasteiger charge is 2.39. The van der Waals surface area contributed by atoms with E-state index in [1.807, 2.05) is 0 Å². The van der Waals surface area contributed by atoms with E-state index in [1.165, 1.54) is 16.0 Å². The zero-order valence-electron chi connectivity index (χ0n) is 16.8. The van der Waals surface area contributed by atoms with Crippen LogP contribution in [0.5, 0.6) is 0 Å². The zero-order valence-corrected chi connectivity index (χ0v) is 17.6. The average Bonchev–Trinajstić information content (AvgIpc) is 3.43. The third-order valence-electron chi connectivity index (χ3n) is 6.29. The fourth-order valence-corrected chi connectivity index (χ4v) is 4.67. The zero-order chi connectivity index (χ0) is 22.8. The first-order chi connectivity index (χ1) is 15.1. The molecule has 2 aromatic heterocycles. The van der Waals surface area contributed by atoms with Gasteiger partial charge in [0.05, 0.1) is 17.7 Å². The first kappa shape index (κ1) is 21.3. The van der Waals surface area contributed by atoms with Gasteiger partial charge in [-0.2, -0.15) is 13.2 Å². The largest absolute Gasteiger partial charge is 0.419 e. The van der Waals surface area contributed by atoms with Crippen molar-refractivity contribution in [2.24, 2.45) is 0 Å². The van der Waals surface area contributed by atoms with Gasteiger partial charge in [-0.25, -0.2) is 4.98 Å². The number of imidazole rings is 1. The van der Waals surface area contributed by atoms with Gasteiger partial charge in [0, 0.05) is 19.3 Å². The molecule has 0 aromatic carbocycles. The normalized spacial score (nSPS) is 24.1. The number of pyridine rings is 1. The molecule has 1 saturated carbocycles. The van der Waals surface area contributed by atoms with E-state index in [9.17, 15) is 27.9 Å². The minimum absolute atomic E-state index is 0.0456. The topological polar surface area (TPSA) is 78.2 Å². The van der Waals surface area contributed by atoms with Crippen LogP contribution in [0.15, 0.2) is 24.4 Å². The van der Waals surface area contributed by atoms with Gasteiger partial charge in [-0.3, -0.25) is 14.0 Å². The molecule has 2 amide bonds. The number of carbonyl (C=O) groups is 2. The molecule has 32 heavy (non-hydrogen) atoms. The fourth-order valence-electron chi connectivity index (χ4n) is 4.42. The summed E-state index contributed by atoms with van der Waals surface area (Å²) in [4.78, 5) is 32.4. The number of aliphatic hydroxyl groups is 1. The van der Waals surface area contributed by atoms with Crippen molar-refractivity contribution >= 4 is 29.1 Å². The molecule has 2 unspecified atom stereocenters. The molecule has 170 valence electrons. The number of nitrogens with zero attached hydrogens (tertiary/aromatic N) is 4. The molecule has 2 aliphatic carbocycles. The van der Waals surface area contributed by atoms with E-state index in [4.69, 9.17) is 11.6 Å². The summed E-state index contributed by atoms with van der Waals surface area (Å²) in [6.45, 7) is 0.113. The predicted molar refractivity (Wildman–Crippen MR) is 108 cm³/mol. The van der Waals surface area contributed by atoms with E-state index in [0.717, 1.165) is 23.3 Å². The molecule has 3 aliphatic rings. The fraction of sp³-hybridized carbons (Fsp3) is 0.476. The number of alkyl halides is 3. The Bertz CT molecular complexity index is 1140. The Morgan fingerprint density at radius 3 is 2.59 bits per heavy atom. The first-order valence-electron chi connectivity index (χ1n) is 10.4. The minimum Gasteiger partial charge on any atom is -0.387 e. The van der Waals surface area contributed by atoms with Gasteiger partial charge in [0.2, 0.25) is 5.91 Å². The highest BCUT2D eigenvalue weighted by Crippen LogP contribution is 2.43. The maximum Gasteiger partial charge on any atom is 0.419 e. The molecule has 5 rings (SSSR count). The van der Waals surface area contributed by atoms with Crippen LogP contribution in [0.25, 0.3) is 5.65 Å². The van der Waals surface area contributed by atoms with Crippen molar-refractivity contribution < 1.29 is 27.9 Å². The lowest BCUT2D eigenvalue weighted by molar-refractivity contribution is -0.139. The van der Waals surface area contributed by atoms with Crippen LogP contribution in [-0.4, -0.2) is 67.9 Å². The molecule has 1 aliphatic heterocycles. The van der Waals surface area contributed by atoms with Crippen molar-refractivity contribution in [1.82, 2.24) is 19.2 Å². The van der Waals surface area contributed by atoms with Gasteiger partial charge in [0.15, 0.2) is 11.3 Å². The second-order valence-electron chi connectivity index (χ2n) is 8.44. The SMILES string of the molecule is O=C(c1nc2c(C(F)(F)F)cc(C3CC3)cn2c1Cl)N1CCN(C2CC=CC2O)C(=O)C1. The number of piperazine rings is 1. The van der Waals surface area contributed by atoms with Crippen LogP contribution in [0, 0.1) is 0 Å². The lowest BCUT2D eigenvalue weighted by Crippen LogP contribution is -2.57. The quantitative estimate of drug-likeness (QED) is 0.703. The Balaban J connectivity index is 1.44. The van der Waals surface area contributed by atoms with Crippen LogP contribution in [0.1, 0.15) is 46.8 Å². The van der Waals surface area contributed by atoms with Crippen molar-refractivity contribution in [3.05, 3.63) is 46.4 Å². The number of hydrogen-bond acceptors (Lipinski definition) is 4. The van der Waals surface area contributed by atoms with E-state index in [1.54, 1.807) is 12.2 Å². The summed E-state index contributed by atoms with van der Waals surface area (Å²) in [5, 5.41) is 9.80. The molecule has 11 heteroatoms. The van der Waals surface area contributed by atoms with Gasteiger partial charge in [-0.05, 0) is 36.8 Å². The number of fused-ring (bicyclic) bond motifs is 1. The molecule has 1 N–H and O–H groups in total. The molecule has 0 spiro atoms. The number of aromatic nitrogens is 2. The van der Waals surface area contributed by atoms with Crippen molar-refractivity contribution in [3.8, 4) is 0 Å². The van der Waals surface area contributed by atoms with Gasteiger partial charge < -0.3 is 14.9 Å². The van der Waals surface area contributed by atoms with E-state index >= 15 is 0 Å². The van der Waals surface area contributed by atoms with E-state index in [-0.39, 0.29) is 48.3 Å². The summed E-state index contributed by atoms with van der Waals surface area (Å²) in [5.41, 5.74) is -1.17. The number of hydrogen-bond donors (Lipinski definition) is 1. The molecule has 3 heterocycles. The molecular formula is C21H20ClF3N4O3. The van der Waals surface area contributed by atoms with Crippen LogP contribution < -0.4 is 0 Å². The Morgan fingerprint density at radius 2 is 2.00 bits per heavy atom. The monoisotopic (exact) mass is 468 g/mol. The highest BCUT2D eigenvalue weighted by molar-refractivity contribution is 6.33. The summed E-state index contributed by atoms with van der Waals surface area (Å²) < 4.78 is 42.2. The average molecular weight is 469 g/mol. The van der Waals surface area contributed by atoms with Crippen LogP contribution in [-0.2, 0) is 11.0 Å². The number of aliphatic hydroxyl groups excluding tert-OH is 1. The molecule has 2 aromatic rings. The maximum atomic E-state index is 13.7. The summed E-state index contributed by atoms with van der Waals surface area (Å²) in [7, 11) is 0. The molecule has 2 atom stereocenters. The minimum atomic E-state index is -4.65. The number of halogens is 4. The standard InChI is InChI=1S/C21H20ClF3N4O3/c22-18-17(20(32)27-6-7-28(16(31)10-27)14-2-1-3-15(14)30)26-19-13(21(23,24)25)8-12(9-29(18)19)11-4-5-11/h1,3,8-9,11,14-15,30H,2,4-7,10H2. The second-order valence-corrected chi connectivity index (χ2v) is 8.80. The summed E-state index contributed by atoms with van der Waals surface area (Å²) in [6.07, 6.45) is 1.66. The lowest BCUT2D eigenvalue weighted by Gasteiger charge is -2.38. The lowest BCUT2D eigenvalue weighted by atomic mass is 10.1. The van der Waals surface area contributed by atoms with Crippen molar-refractivity contribution in [1.29, 1.82) is 0 Å². The van der Waals surface area contributed by atoms with Gasteiger partial charge in [-0.1, -0.05) is 23.8 Å². The van der Waals surface area contributed by atoms with Gasteiger partial charge >= 0.3 is 6.18 Å². The van der Waals surface area contributed by atoms with Crippen LogP contribution in [0.3, 0.4) is 0 Å². The van der Waals surface area contributed by atoms with Crippen molar-refractivity contribution in [2.45, 2.75) is 43.5 Å². The van der Waals surface area contributed by atoms with Crippen molar-refractivity contribution in [2.75, 3.05) is 19.6 Å². The van der Waals surface area contributed by atoms with Gasteiger partial charge in [0.25, 0.3) is 5.91 Å². The number of rotatable bonds is 3. The molecule has 7 nitrogen and oxygen atoms in total. The maximum absolute atomic E-state index is 13.7. The van der Waals surface area contributed by atoms with Crippen molar-refractivity contribution in [3.63, 3.8) is 0 Å². The Labute approximate surface area is 186 Å². The van der Waals surface area contributed by atoms with Crippen LogP contribution >= 0.6 is 11.6 Å². The van der Waals surface area contributed by atoms with Gasteiger partial charge in [0.1, 0.15) is 11.7 Å². The van der Waals surface area contributed by atoms with Gasteiger partial charge in [-0.15, -0.1) is 0 Å². The second kappa shape index (κ2) is 7.48. The summed E-state index contributed by atoms with van der Waals surface area (Å²) >= 11 is 6.33. The first-order valence-corrected chi connectivity index (χ1v) is 10.7. The highest BCUT2D eigenvalue weighted by atomic mass is 35.5. The predicted octanol–water partition coefficient (Wildman–Crippen LogP) is 2.86. The Kier molecular flexibility index (Phi) is 4.97. The smallest absolute Gasteiger partial charge is 0.387 e.